The van der Waals surface area contributed by atoms with E-state index >= 15 is 0 Å². The maximum Gasteiger partial charge on any atom is 0.294 e. The van der Waals surface area contributed by atoms with Crippen LogP contribution in [-0.4, -0.2) is 50.7 Å². The molecule has 1 aliphatic rings. The van der Waals surface area contributed by atoms with E-state index in [0.29, 0.717) is 12.2 Å². The minimum Gasteiger partial charge on any atom is -0.332 e. The second-order valence-corrected chi connectivity index (χ2v) is 5.87. The summed E-state index contributed by atoms with van der Waals surface area (Å²) in [7, 11) is 0. The first-order valence-corrected chi connectivity index (χ1v) is 7.83. The highest BCUT2D eigenvalue weighted by Gasteiger charge is 2.30. The topological polar surface area (TPSA) is 93.3 Å². The van der Waals surface area contributed by atoms with E-state index in [-0.39, 0.29) is 29.4 Å². The molecule has 1 aliphatic heterocycles. The lowest BCUT2D eigenvalue weighted by molar-refractivity contribution is -0.384. The average Bonchev–Trinajstić information content (AvgIpc) is 3.06. The fourth-order valence-corrected chi connectivity index (χ4v) is 2.87. The Bertz CT molecular complexity index is 773. The van der Waals surface area contributed by atoms with Crippen molar-refractivity contribution >= 4 is 11.6 Å². The fraction of sp³-hybridized carbons (Fsp3) is 0.375. The fourth-order valence-electron chi connectivity index (χ4n) is 2.87. The minimum absolute atomic E-state index is 0.0521. The van der Waals surface area contributed by atoms with Crippen molar-refractivity contribution in [2.45, 2.75) is 25.9 Å². The lowest BCUT2D eigenvalue weighted by Gasteiger charge is -2.38. The molecule has 0 spiro atoms. The maximum atomic E-state index is 12.7. The van der Waals surface area contributed by atoms with Gasteiger partial charge in [-0.3, -0.25) is 14.9 Å². The molecule has 8 heteroatoms. The number of hydrogen-bond donors (Lipinski definition) is 1. The number of piperazine rings is 1. The summed E-state index contributed by atoms with van der Waals surface area (Å²) in [5.41, 5.74) is 0.571. The van der Waals surface area contributed by atoms with Gasteiger partial charge in [0.1, 0.15) is 5.69 Å². The molecular weight excluding hydrogens is 310 g/mol. The van der Waals surface area contributed by atoms with Crippen LogP contribution in [0.1, 0.15) is 24.3 Å². The average molecular weight is 329 g/mol. The van der Waals surface area contributed by atoms with Crippen molar-refractivity contribution in [1.29, 1.82) is 0 Å². The Morgan fingerprint density at radius 3 is 2.83 bits per heavy atom. The zero-order chi connectivity index (χ0) is 17.3. The number of nitro groups is 1. The molecule has 2 unspecified atom stereocenters. The lowest BCUT2D eigenvalue weighted by atomic mass is 10.1. The summed E-state index contributed by atoms with van der Waals surface area (Å²) < 4.78 is 1.38. The molecule has 1 amide bonds. The van der Waals surface area contributed by atoms with Crippen LogP contribution in [-0.2, 0) is 0 Å². The van der Waals surface area contributed by atoms with E-state index < -0.39 is 4.92 Å². The van der Waals surface area contributed by atoms with Crippen molar-refractivity contribution in [1.82, 2.24) is 20.0 Å². The molecule has 2 aromatic rings. The molecule has 1 saturated heterocycles. The van der Waals surface area contributed by atoms with E-state index in [9.17, 15) is 14.9 Å². The summed E-state index contributed by atoms with van der Waals surface area (Å²) in [4.78, 5) is 25.2. The first kappa shape index (κ1) is 16.1. The number of carbonyl (C=O) groups excluding carboxylic acids is 1. The summed E-state index contributed by atoms with van der Waals surface area (Å²) in [6.45, 7) is 5.38. The summed E-state index contributed by atoms with van der Waals surface area (Å²) in [5, 5.41) is 18.7. The van der Waals surface area contributed by atoms with Gasteiger partial charge >= 0.3 is 0 Å². The molecule has 0 aliphatic carbocycles. The number of benzene rings is 1. The predicted octanol–water partition coefficient (Wildman–Crippen LogP) is 1.60. The van der Waals surface area contributed by atoms with Crippen molar-refractivity contribution in [3.63, 3.8) is 0 Å². The smallest absolute Gasteiger partial charge is 0.294 e. The number of nitrogens with zero attached hydrogens (tertiary/aromatic N) is 4. The number of rotatable bonds is 3. The van der Waals surface area contributed by atoms with Crippen LogP contribution in [0.3, 0.4) is 0 Å². The van der Waals surface area contributed by atoms with Crippen LogP contribution in [0.25, 0.3) is 5.69 Å². The molecule has 24 heavy (non-hydrogen) atoms. The van der Waals surface area contributed by atoms with Gasteiger partial charge in [-0.05, 0) is 26.0 Å². The van der Waals surface area contributed by atoms with Gasteiger partial charge in [-0.1, -0.05) is 12.1 Å². The predicted molar refractivity (Wildman–Crippen MR) is 88.2 cm³/mol. The largest absolute Gasteiger partial charge is 0.332 e. The number of carbonyl (C=O) groups is 1. The number of nitro benzene ring substituents is 1. The van der Waals surface area contributed by atoms with Gasteiger partial charge in [0, 0.05) is 37.4 Å². The van der Waals surface area contributed by atoms with Gasteiger partial charge in [0.2, 0.25) is 0 Å². The quantitative estimate of drug-likeness (QED) is 0.682. The highest BCUT2D eigenvalue weighted by Crippen LogP contribution is 2.22. The molecule has 1 aromatic heterocycles. The Labute approximate surface area is 139 Å². The summed E-state index contributed by atoms with van der Waals surface area (Å²) in [5.74, 6) is -0.159. The van der Waals surface area contributed by atoms with Crippen molar-refractivity contribution in [3.8, 4) is 5.69 Å². The van der Waals surface area contributed by atoms with Crippen LogP contribution in [0.4, 0.5) is 5.69 Å². The number of aromatic nitrogens is 2. The molecule has 3 rings (SSSR count). The molecule has 1 N–H and O–H groups in total. The Morgan fingerprint density at radius 1 is 1.33 bits per heavy atom. The molecular formula is C16H19N5O3. The number of amides is 1. The third-order valence-electron chi connectivity index (χ3n) is 4.43. The molecule has 2 heterocycles. The molecule has 0 bridgehead atoms. The number of hydrogen-bond acceptors (Lipinski definition) is 5. The van der Waals surface area contributed by atoms with Gasteiger partial charge in [-0.2, -0.15) is 5.10 Å². The summed E-state index contributed by atoms with van der Waals surface area (Å²) in [6, 6.07) is 8.18. The molecule has 126 valence electrons. The van der Waals surface area contributed by atoms with Gasteiger partial charge in [0.25, 0.3) is 11.6 Å². The molecule has 0 radical (unpaired) electrons. The lowest BCUT2D eigenvalue weighted by Crippen LogP contribution is -2.57. The molecule has 2 atom stereocenters. The summed E-state index contributed by atoms with van der Waals surface area (Å²) >= 11 is 0. The van der Waals surface area contributed by atoms with E-state index in [1.165, 1.54) is 10.7 Å². The van der Waals surface area contributed by atoms with Gasteiger partial charge < -0.3 is 10.2 Å². The van der Waals surface area contributed by atoms with E-state index in [1.807, 2.05) is 13.8 Å². The molecule has 1 aromatic carbocycles. The zero-order valence-electron chi connectivity index (χ0n) is 13.5. The highest BCUT2D eigenvalue weighted by atomic mass is 16.6. The van der Waals surface area contributed by atoms with E-state index in [1.54, 1.807) is 35.4 Å². The van der Waals surface area contributed by atoms with E-state index in [4.69, 9.17) is 0 Å². The van der Waals surface area contributed by atoms with Gasteiger partial charge in [-0.15, -0.1) is 0 Å². The monoisotopic (exact) mass is 329 g/mol. The highest BCUT2D eigenvalue weighted by molar-refractivity contribution is 5.92. The first-order valence-electron chi connectivity index (χ1n) is 7.83. The first-order chi connectivity index (χ1) is 11.5. The van der Waals surface area contributed by atoms with E-state index in [2.05, 4.69) is 10.4 Å². The Morgan fingerprint density at radius 2 is 2.08 bits per heavy atom. The van der Waals surface area contributed by atoms with Crippen molar-refractivity contribution in [3.05, 3.63) is 52.3 Å². The Balaban J connectivity index is 1.89. The summed E-state index contributed by atoms with van der Waals surface area (Å²) in [6.07, 6.45) is 1.58. The SMILES string of the molecule is CC1NCCN(C(=O)c2ccn(-c3ccccc3[N+](=O)[O-])n2)C1C. The van der Waals surface area contributed by atoms with Crippen molar-refractivity contribution in [2.24, 2.45) is 0 Å². The van der Waals surface area contributed by atoms with Gasteiger partial charge in [0.05, 0.1) is 4.92 Å². The second kappa shape index (κ2) is 6.40. The van der Waals surface area contributed by atoms with Crippen LogP contribution < -0.4 is 5.32 Å². The third kappa shape index (κ3) is 2.88. The van der Waals surface area contributed by atoms with Gasteiger partial charge in [0.15, 0.2) is 5.69 Å². The van der Waals surface area contributed by atoms with Crippen LogP contribution in [0.5, 0.6) is 0 Å². The normalized spacial score (nSPS) is 20.8. The van der Waals surface area contributed by atoms with Crippen molar-refractivity contribution in [2.75, 3.05) is 13.1 Å². The Hall–Kier alpha value is -2.74. The zero-order valence-corrected chi connectivity index (χ0v) is 13.5. The Kier molecular flexibility index (Phi) is 4.30. The van der Waals surface area contributed by atoms with Gasteiger partial charge in [-0.25, -0.2) is 4.68 Å². The second-order valence-electron chi connectivity index (χ2n) is 5.87. The molecule has 0 saturated carbocycles. The maximum absolute atomic E-state index is 12.7. The van der Waals surface area contributed by atoms with Crippen LogP contribution >= 0.6 is 0 Å². The van der Waals surface area contributed by atoms with Crippen LogP contribution in [0, 0.1) is 10.1 Å². The molecule has 1 fully saturated rings. The molecule has 8 nitrogen and oxygen atoms in total. The standard InChI is InChI=1S/C16H19N5O3/c1-11-12(2)19(10-8-17-11)16(22)13-7-9-20(18-13)14-5-3-4-6-15(14)21(23)24/h3-7,9,11-12,17H,8,10H2,1-2H3. The van der Waals surface area contributed by atoms with E-state index in [0.717, 1.165) is 6.54 Å². The number of nitrogens with one attached hydrogen (secondary N) is 1. The third-order valence-corrected chi connectivity index (χ3v) is 4.43. The number of para-hydroxylation sites is 2. The minimum atomic E-state index is -0.460. The van der Waals surface area contributed by atoms with Crippen LogP contribution in [0.15, 0.2) is 36.5 Å². The van der Waals surface area contributed by atoms with Crippen molar-refractivity contribution < 1.29 is 9.72 Å². The van der Waals surface area contributed by atoms with Crippen LogP contribution in [0.2, 0.25) is 0 Å².